The molecule has 0 fully saturated rings. The number of carbonyl (C=O) groups excluding carboxylic acids is 2. The molecule has 0 aromatic heterocycles. The van der Waals surface area contributed by atoms with E-state index in [4.69, 9.17) is 21.1 Å². The van der Waals surface area contributed by atoms with Crippen LogP contribution in [-0.2, 0) is 0 Å². The predicted octanol–water partition coefficient (Wildman–Crippen LogP) is 5.34. The maximum Gasteiger partial charge on any atom is 0.257 e. The van der Waals surface area contributed by atoms with Crippen molar-refractivity contribution in [2.75, 3.05) is 17.4 Å². The summed E-state index contributed by atoms with van der Waals surface area (Å²) < 4.78 is 11.3. The average molecular weight is 474 g/mol. The van der Waals surface area contributed by atoms with Crippen LogP contribution in [0.4, 0.5) is 11.4 Å². The lowest BCUT2D eigenvalue weighted by Gasteiger charge is -2.12. The number of hydrogen-bond acceptors (Lipinski definition) is 4. The van der Waals surface area contributed by atoms with E-state index in [1.165, 1.54) is 0 Å². The number of ether oxygens (including phenoxy) is 2. The van der Waals surface area contributed by atoms with Gasteiger partial charge in [-0.1, -0.05) is 39.7 Å². The Bertz CT molecular complexity index is 1120. The van der Waals surface area contributed by atoms with Crippen molar-refractivity contribution in [3.63, 3.8) is 0 Å². The third-order valence-corrected chi connectivity index (χ3v) is 5.05. The fraction of sp³-hybridized carbons (Fsp3) is 0.0476. The molecule has 1 aliphatic heterocycles. The first-order valence-corrected chi connectivity index (χ1v) is 9.75. The largest absolute Gasteiger partial charge is 0.454 e. The van der Waals surface area contributed by atoms with Crippen LogP contribution in [-0.4, -0.2) is 18.6 Å². The zero-order chi connectivity index (χ0) is 20.4. The van der Waals surface area contributed by atoms with Crippen LogP contribution in [0.25, 0.3) is 0 Å². The molecule has 0 saturated heterocycles. The van der Waals surface area contributed by atoms with Crippen LogP contribution < -0.4 is 20.1 Å². The van der Waals surface area contributed by atoms with Crippen molar-refractivity contribution in [1.29, 1.82) is 0 Å². The lowest BCUT2D eigenvalue weighted by atomic mass is 10.1. The van der Waals surface area contributed by atoms with Crippen molar-refractivity contribution in [2.24, 2.45) is 0 Å². The molecule has 0 spiro atoms. The van der Waals surface area contributed by atoms with Crippen molar-refractivity contribution < 1.29 is 19.1 Å². The average Bonchev–Trinajstić information content (AvgIpc) is 3.18. The highest BCUT2D eigenvalue weighted by molar-refractivity contribution is 9.10. The van der Waals surface area contributed by atoms with E-state index < -0.39 is 5.91 Å². The van der Waals surface area contributed by atoms with E-state index in [0.717, 1.165) is 4.47 Å². The molecule has 1 heterocycles. The Labute approximate surface area is 179 Å². The number of halogens is 2. The molecule has 6 nitrogen and oxygen atoms in total. The Morgan fingerprint density at radius 1 is 0.862 bits per heavy atom. The molecule has 0 atom stereocenters. The van der Waals surface area contributed by atoms with Gasteiger partial charge in [-0.05, 0) is 42.5 Å². The van der Waals surface area contributed by atoms with Crippen LogP contribution in [0.15, 0.2) is 65.1 Å². The molecule has 0 aliphatic carbocycles. The molecule has 1 aliphatic rings. The van der Waals surface area contributed by atoms with Gasteiger partial charge in [-0.25, -0.2) is 0 Å². The van der Waals surface area contributed by atoms with E-state index in [2.05, 4.69) is 26.6 Å². The van der Waals surface area contributed by atoms with Gasteiger partial charge in [-0.2, -0.15) is 0 Å². The number of carbonyl (C=O) groups is 2. The summed E-state index contributed by atoms with van der Waals surface area (Å²) in [6.45, 7) is 0.153. The Kier molecular flexibility index (Phi) is 5.42. The van der Waals surface area contributed by atoms with Crippen molar-refractivity contribution in [3.8, 4) is 11.5 Å². The van der Waals surface area contributed by atoms with Crippen molar-refractivity contribution in [1.82, 2.24) is 0 Å². The molecule has 29 heavy (non-hydrogen) atoms. The standard InChI is InChI=1S/C21H14BrClN2O4/c22-12-5-7-16(23)15(9-12)21(27)25-17-4-2-1-3-14(17)20(26)24-13-6-8-18-19(10-13)29-11-28-18/h1-10H,11H2,(H,24,26)(H,25,27). The first-order chi connectivity index (χ1) is 14.0. The molecule has 0 unspecified atom stereocenters. The van der Waals surface area contributed by atoms with Crippen LogP contribution in [0.1, 0.15) is 20.7 Å². The van der Waals surface area contributed by atoms with Crippen LogP contribution in [0, 0.1) is 0 Å². The van der Waals surface area contributed by atoms with Gasteiger partial charge in [0.25, 0.3) is 11.8 Å². The topological polar surface area (TPSA) is 76.7 Å². The van der Waals surface area contributed by atoms with Gasteiger partial charge in [0.15, 0.2) is 11.5 Å². The van der Waals surface area contributed by atoms with E-state index >= 15 is 0 Å². The van der Waals surface area contributed by atoms with Gasteiger partial charge in [0.05, 0.1) is 21.8 Å². The molecule has 0 saturated carbocycles. The number of nitrogens with one attached hydrogen (secondary N) is 2. The molecule has 3 aromatic rings. The number of fused-ring (bicyclic) bond motifs is 1. The molecule has 146 valence electrons. The zero-order valence-electron chi connectivity index (χ0n) is 14.9. The van der Waals surface area contributed by atoms with Crippen LogP contribution in [0.2, 0.25) is 5.02 Å². The summed E-state index contributed by atoms with van der Waals surface area (Å²) >= 11 is 9.45. The zero-order valence-corrected chi connectivity index (χ0v) is 17.2. The van der Waals surface area contributed by atoms with E-state index in [-0.39, 0.29) is 12.7 Å². The number of anilines is 2. The Morgan fingerprint density at radius 3 is 2.48 bits per heavy atom. The second kappa shape index (κ2) is 8.14. The smallest absolute Gasteiger partial charge is 0.257 e. The molecule has 2 amide bonds. The Hall–Kier alpha value is -3.03. The molecule has 3 aromatic carbocycles. The molecule has 0 radical (unpaired) electrons. The van der Waals surface area contributed by atoms with Crippen molar-refractivity contribution in [3.05, 3.63) is 81.3 Å². The van der Waals surface area contributed by atoms with Gasteiger partial charge in [-0.15, -0.1) is 0 Å². The number of amides is 2. The highest BCUT2D eigenvalue weighted by Gasteiger charge is 2.18. The van der Waals surface area contributed by atoms with Gasteiger partial charge in [-0.3, -0.25) is 9.59 Å². The minimum Gasteiger partial charge on any atom is -0.454 e. The second-order valence-corrected chi connectivity index (χ2v) is 7.47. The second-order valence-electron chi connectivity index (χ2n) is 6.15. The molecule has 0 bridgehead atoms. The molecule has 8 heteroatoms. The van der Waals surface area contributed by atoms with Crippen LogP contribution >= 0.6 is 27.5 Å². The number of para-hydroxylation sites is 1. The van der Waals surface area contributed by atoms with Gasteiger partial charge in [0.1, 0.15) is 0 Å². The van der Waals surface area contributed by atoms with Crippen molar-refractivity contribution >= 4 is 50.7 Å². The Morgan fingerprint density at radius 2 is 1.62 bits per heavy atom. The lowest BCUT2D eigenvalue weighted by molar-refractivity contribution is 0.102. The third kappa shape index (κ3) is 4.21. The van der Waals surface area contributed by atoms with Crippen LogP contribution in [0.3, 0.4) is 0 Å². The minimum atomic E-state index is -0.417. The maximum atomic E-state index is 12.8. The first-order valence-electron chi connectivity index (χ1n) is 8.58. The highest BCUT2D eigenvalue weighted by atomic mass is 79.9. The monoisotopic (exact) mass is 472 g/mol. The summed E-state index contributed by atoms with van der Waals surface area (Å²) in [5, 5.41) is 5.87. The van der Waals surface area contributed by atoms with E-state index in [1.54, 1.807) is 60.7 Å². The quantitative estimate of drug-likeness (QED) is 0.536. The summed E-state index contributed by atoms with van der Waals surface area (Å²) in [6, 6.07) is 16.8. The lowest BCUT2D eigenvalue weighted by Crippen LogP contribution is -2.18. The van der Waals surface area contributed by atoms with E-state index in [0.29, 0.717) is 39.0 Å². The third-order valence-electron chi connectivity index (χ3n) is 4.22. The molecule has 2 N–H and O–H groups in total. The summed E-state index contributed by atoms with van der Waals surface area (Å²) in [7, 11) is 0. The summed E-state index contributed by atoms with van der Waals surface area (Å²) in [5.74, 6) is 0.398. The molecular weight excluding hydrogens is 460 g/mol. The van der Waals surface area contributed by atoms with Crippen LogP contribution in [0.5, 0.6) is 11.5 Å². The SMILES string of the molecule is O=C(Nc1ccccc1C(=O)Nc1ccc2c(c1)OCO2)c1cc(Br)ccc1Cl. The van der Waals surface area contributed by atoms with E-state index in [1.807, 2.05) is 0 Å². The summed E-state index contributed by atoms with van der Waals surface area (Å²) in [6.07, 6.45) is 0. The minimum absolute atomic E-state index is 0.153. The normalized spacial score (nSPS) is 11.8. The summed E-state index contributed by atoms with van der Waals surface area (Å²) in [5.41, 5.74) is 1.53. The van der Waals surface area contributed by atoms with E-state index in [9.17, 15) is 9.59 Å². The predicted molar refractivity (Wildman–Crippen MR) is 114 cm³/mol. The Balaban J connectivity index is 1.55. The summed E-state index contributed by atoms with van der Waals surface area (Å²) in [4.78, 5) is 25.5. The van der Waals surface area contributed by atoms with Gasteiger partial charge in [0.2, 0.25) is 6.79 Å². The van der Waals surface area contributed by atoms with Gasteiger partial charge >= 0.3 is 0 Å². The number of benzene rings is 3. The molecule has 4 rings (SSSR count). The fourth-order valence-corrected chi connectivity index (χ4v) is 3.39. The number of hydrogen-bond donors (Lipinski definition) is 2. The maximum absolute atomic E-state index is 12.8. The molecular formula is C21H14BrClN2O4. The van der Waals surface area contributed by atoms with Gasteiger partial charge < -0.3 is 20.1 Å². The first kappa shape index (κ1) is 19.3. The van der Waals surface area contributed by atoms with Gasteiger partial charge in [0, 0.05) is 16.2 Å². The fourth-order valence-electron chi connectivity index (χ4n) is 2.82. The van der Waals surface area contributed by atoms with Crippen molar-refractivity contribution in [2.45, 2.75) is 0 Å². The number of rotatable bonds is 4. The highest BCUT2D eigenvalue weighted by Crippen LogP contribution is 2.34.